The zero-order valence-electron chi connectivity index (χ0n) is 14.7. The summed E-state index contributed by atoms with van der Waals surface area (Å²) in [7, 11) is 0. The summed E-state index contributed by atoms with van der Waals surface area (Å²) >= 11 is 0. The second-order valence-electron chi connectivity index (χ2n) is 7.44. The molecule has 1 saturated heterocycles. The predicted octanol–water partition coefficient (Wildman–Crippen LogP) is 4.27. The molecular weight excluding hydrogens is 316 g/mol. The van der Waals surface area contributed by atoms with Crippen LogP contribution in [0.4, 0.5) is 13.6 Å². The number of nitrogens with zero attached hydrogens (tertiary/aromatic N) is 1. The summed E-state index contributed by atoms with van der Waals surface area (Å²) in [5, 5.41) is 0. The molecule has 1 aliphatic heterocycles. The van der Waals surface area contributed by atoms with Gasteiger partial charge in [-0.05, 0) is 58.7 Å². The smallest absolute Gasteiger partial charge is 0.410 e. The molecule has 1 amide bonds. The highest BCUT2D eigenvalue weighted by Gasteiger charge is 2.34. The quantitative estimate of drug-likeness (QED) is 0.824. The Morgan fingerprint density at radius 2 is 1.88 bits per heavy atom. The van der Waals surface area contributed by atoms with E-state index >= 15 is 0 Å². The normalized spacial score (nSPS) is 17.7. The Bertz CT molecular complexity index is 590. The Morgan fingerprint density at radius 1 is 1.25 bits per heavy atom. The summed E-state index contributed by atoms with van der Waals surface area (Å²) < 4.78 is 38.1. The van der Waals surface area contributed by atoms with E-state index in [1.165, 1.54) is 0 Å². The van der Waals surface area contributed by atoms with Crippen LogP contribution in [0.3, 0.4) is 0 Å². The Balaban J connectivity index is 1.88. The van der Waals surface area contributed by atoms with E-state index in [-0.39, 0.29) is 18.3 Å². The zero-order chi connectivity index (χ0) is 18.0. The van der Waals surface area contributed by atoms with E-state index in [2.05, 4.69) is 0 Å². The Hall–Kier alpha value is -1.69. The van der Waals surface area contributed by atoms with Crippen LogP contribution in [0.1, 0.15) is 46.1 Å². The summed E-state index contributed by atoms with van der Waals surface area (Å²) in [6.45, 7) is 8.44. The van der Waals surface area contributed by atoms with Crippen LogP contribution in [0.2, 0.25) is 0 Å². The third kappa shape index (κ3) is 5.16. The molecule has 0 N–H and O–H groups in total. The molecular formula is C18H25F2NO3. The van der Waals surface area contributed by atoms with Crippen molar-refractivity contribution in [2.24, 2.45) is 0 Å². The van der Waals surface area contributed by atoms with E-state index in [1.54, 1.807) is 4.90 Å². The fourth-order valence-electron chi connectivity index (χ4n) is 2.54. The van der Waals surface area contributed by atoms with E-state index in [0.29, 0.717) is 25.9 Å². The SMILES string of the molecule is CC(C)(C)OC(=O)N1CCC(C)(OCc2cc(F)ccc2F)CC1. The van der Waals surface area contributed by atoms with Crippen molar-refractivity contribution in [1.29, 1.82) is 0 Å². The maximum absolute atomic E-state index is 13.7. The zero-order valence-corrected chi connectivity index (χ0v) is 14.7. The van der Waals surface area contributed by atoms with Crippen LogP contribution in [0.25, 0.3) is 0 Å². The summed E-state index contributed by atoms with van der Waals surface area (Å²) in [5.74, 6) is -0.967. The summed E-state index contributed by atoms with van der Waals surface area (Å²) in [6, 6.07) is 3.33. The van der Waals surface area contributed by atoms with E-state index in [4.69, 9.17) is 9.47 Å². The lowest BCUT2D eigenvalue weighted by molar-refractivity contribution is -0.0819. The van der Waals surface area contributed by atoms with E-state index in [9.17, 15) is 13.6 Å². The van der Waals surface area contributed by atoms with Crippen LogP contribution in [-0.2, 0) is 16.1 Å². The Labute approximate surface area is 141 Å². The molecule has 4 nitrogen and oxygen atoms in total. The average molecular weight is 341 g/mol. The molecule has 0 radical (unpaired) electrons. The van der Waals surface area contributed by atoms with Gasteiger partial charge >= 0.3 is 6.09 Å². The molecule has 1 fully saturated rings. The molecule has 24 heavy (non-hydrogen) atoms. The fourth-order valence-corrected chi connectivity index (χ4v) is 2.54. The molecule has 0 saturated carbocycles. The monoisotopic (exact) mass is 341 g/mol. The van der Waals surface area contributed by atoms with Crippen molar-refractivity contribution in [3.05, 3.63) is 35.4 Å². The van der Waals surface area contributed by atoms with E-state index in [0.717, 1.165) is 18.2 Å². The Morgan fingerprint density at radius 3 is 2.46 bits per heavy atom. The number of likely N-dealkylation sites (tertiary alicyclic amines) is 1. The van der Waals surface area contributed by atoms with Gasteiger partial charge in [-0.15, -0.1) is 0 Å². The number of carbonyl (C=O) groups is 1. The van der Waals surface area contributed by atoms with Crippen LogP contribution >= 0.6 is 0 Å². The van der Waals surface area contributed by atoms with Gasteiger partial charge in [-0.25, -0.2) is 13.6 Å². The van der Waals surface area contributed by atoms with Gasteiger partial charge in [-0.2, -0.15) is 0 Å². The van der Waals surface area contributed by atoms with Crippen LogP contribution in [0.5, 0.6) is 0 Å². The van der Waals surface area contributed by atoms with Crippen molar-refractivity contribution >= 4 is 6.09 Å². The van der Waals surface area contributed by atoms with Gasteiger partial charge in [-0.3, -0.25) is 0 Å². The van der Waals surface area contributed by atoms with Gasteiger partial charge in [0.05, 0.1) is 12.2 Å². The highest BCUT2D eigenvalue weighted by Crippen LogP contribution is 2.28. The predicted molar refractivity (Wildman–Crippen MR) is 86.6 cm³/mol. The van der Waals surface area contributed by atoms with Gasteiger partial charge in [0.15, 0.2) is 0 Å². The van der Waals surface area contributed by atoms with Gasteiger partial charge in [0, 0.05) is 18.7 Å². The van der Waals surface area contributed by atoms with Crippen LogP contribution in [0, 0.1) is 11.6 Å². The van der Waals surface area contributed by atoms with Crippen molar-refractivity contribution in [3.63, 3.8) is 0 Å². The third-order valence-corrected chi connectivity index (χ3v) is 4.06. The van der Waals surface area contributed by atoms with Crippen LogP contribution < -0.4 is 0 Å². The van der Waals surface area contributed by atoms with Crippen molar-refractivity contribution in [2.45, 2.75) is 58.3 Å². The lowest BCUT2D eigenvalue weighted by atomic mass is 9.93. The number of carbonyl (C=O) groups excluding carboxylic acids is 1. The second kappa shape index (κ2) is 7.05. The number of benzene rings is 1. The standard InChI is InChI=1S/C18H25F2NO3/c1-17(2,3)24-16(22)21-9-7-18(4,8-10-21)23-12-13-11-14(19)5-6-15(13)20/h5-6,11H,7-10,12H2,1-4H3. The first kappa shape index (κ1) is 18.6. The summed E-state index contributed by atoms with van der Waals surface area (Å²) in [5.41, 5.74) is -0.800. The maximum atomic E-state index is 13.7. The average Bonchev–Trinajstić information content (AvgIpc) is 2.47. The highest BCUT2D eigenvalue weighted by atomic mass is 19.1. The van der Waals surface area contributed by atoms with Crippen molar-refractivity contribution in [3.8, 4) is 0 Å². The molecule has 0 bridgehead atoms. The first-order valence-electron chi connectivity index (χ1n) is 8.14. The van der Waals surface area contributed by atoms with Crippen molar-refractivity contribution in [2.75, 3.05) is 13.1 Å². The second-order valence-corrected chi connectivity index (χ2v) is 7.44. The lowest BCUT2D eigenvalue weighted by Gasteiger charge is -2.39. The van der Waals surface area contributed by atoms with Gasteiger partial charge in [0.2, 0.25) is 0 Å². The number of hydrogen-bond donors (Lipinski definition) is 0. The maximum Gasteiger partial charge on any atom is 0.410 e. The number of halogens is 2. The van der Waals surface area contributed by atoms with Crippen LogP contribution in [-0.4, -0.2) is 35.3 Å². The van der Waals surface area contributed by atoms with Gasteiger partial charge < -0.3 is 14.4 Å². The molecule has 2 rings (SSSR count). The number of hydrogen-bond acceptors (Lipinski definition) is 3. The highest BCUT2D eigenvalue weighted by molar-refractivity contribution is 5.68. The number of ether oxygens (including phenoxy) is 2. The molecule has 0 aliphatic carbocycles. The van der Waals surface area contributed by atoms with Crippen molar-refractivity contribution < 1.29 is 23.0 Å². The van der Waals surface area contributed by atoms with Crippen LogP contribution in [0.15, 0.2) is 18.2 Å². The largest absolute Gasteiger partial charge is 0.444 e. The first-order valence-corrected chi connectivity index (χ1v) is 8.14. The molecule has 1 heterocycles. The molecule has 0 atom stereocenters. The molecule has 0 spiro atoms. The van der Waals surface area contributed by atoms with E-state index in [1.807, 2.05) is 27.7 Å². The minimum atomic E-state index is -0.525. The minimum absolute atomic E-state index is 0.00648. The van der Waals surface area contributed by atoms with Crippen molar-refractivity contribution in [1.82, 2.24) is 4.90 Å². The van der Waals surface area contributed by atoms with Gasteiger partial charge in [0.25, 0.3) is 0 Å². The summed E-state index contributed by atoms with van der Waals surface area (Å²) in [4.78, 5) is 13.7. The molecule has 1 aromatic carbocycles. The first-order chi connectivity index (χ1) is 11.1. The fraction of sp³-hybridized carbons (Fsp3) is 0.611. The minimum Gasteiger partial charge on any atom is -0.444 e. The molecule has 1 aromatic rings. The molecule has 0 aromatic heterocycles. The molecule has 6 heteroatoms. The van der Waals surface area contributed by atoms with E-state index < -0.39 is 22.8 Å². The third-order valence-electron chi connectivity index (χ3n) is 4.06. The number of piperidine rings is 1. The number of rotatable bonds is 3. The summed E-state index contributed by atoms with van der Waals surface area (Å²) in [6.07, 6.45) is 0.896. The Kier molecular flexibility index (Phi) is 5.48. The topological polar surface area (TPSA) is 38.8 Å². The molecule has 0 unspecified atom stereocenters. The van der Waals surface area contributed by atoms with Gasteiger partial charge in [0.1, 0.15) is 17.2 Å². The number of amides is 1. The van der Waals surface area contributed by atoms with Gasteiger partial charge in [-0.1, -0.05) is 0 Å². The molecule has 134 valence electrons. The molecule has 1 aliphatic rings. The lowest BCUT2D eigenvalue weighted by Crippen LogP contribution is -2.47.